The van der Waals surface area contributed by atoms with E-state index in [0.29, 0.717) is 0 Å². The summed E-state index contributed by atoms with van der Waals surface area (Å²) in [4.78, 5) is 36.9. The van der Waals surface area contributed by atoms with Gasteiger partial charge in [-0.05, 0) is 31.0 Å². The van der Waals surface area contributed by atoms with Crippen LogP contribution in [0.5, 0.6) is 0 Å². The number of sulfonamides is 1. The number of likely N-dealkylation sites (N-methyl/N-ethyl adjacent to an activating group) is 1. The molecule has 0 saturated heterocycles. The summed E-state index contributed by atoms with van der Waals surface area (Å²) in [6.07, 6.45) is 3.28. The molecule has 9 nitrogen and oxygen atoms in total. The molecule has 10 heteroatoms. The van der Waals surface area contributed by atoms with Crippen molar-refractivity contribution in [3.05, 3.63) is 42.5 Å². The molecule has 1 fully saturated rings. The smallest absolute Gasteiger partial charge is 0.338 e. The van der Waals surface area contributed by atoms with Crippen molar-refractivity contribution in [3.8, 4) is 0 Å². The molecule has 152 valence electrons. The molecule has 0 radical (unpaired) electrons. The Morgan fingerprint density at radius 1 is 1.32 bits per heavy atom. The van der Waals surface area contributed by atoms with Crippen molar-refractivity contribution in [1.82, 2.24) is 14.9 Å². The summed E-state index contributed by atoms with van der Waals surface area (Å²) in [5.74, 6) is -1.66. The highest BCUT2D eigenvalue weighted by atomic mass is 32.2. The molecule has 0 atom stereocenters. The van der Waals surface area contributed by atoms with E-state index in [1.165, 1.54) is 31.3 Å². The van der Waals surface area contributed by atoms with Crippen molar-refractivity contribution in [2.45, 2.75) is 23.8 Å². The zero-order valence-electron chi connectivity index (χ0n) is 15.5. The third-order valence-electron chi connectivity index (χ3n) is 3.87. The molecule has 0 heterocycles. The van der Waals surface area contributed by atoms with Crippen LogP contribution in [-0.4, -0.2) is 63.9 Å². The first-order valence-electron chi connectivity index (χ1n) is 8.64. The number of nitrogens with one attached hydrogen (secondary N) is 2. The molecular weight excluding hydrogens is 386 g/mol. The number of rotatable bonds is 10. The van der Waals surface area contributed by atoms with Crippen LogP contribution in [0.3, 0.4) is 0 Å². The number of amides is 2. The molecule has 1 aliphatic rings. The Bertz CT molecular complexity index is 864. The fraction of sp³-hybridized carbons (Fsp3) is 0.389. The summed E-state index contributed by atoms with van der Waals surface area (Å²) < 4.78 is 31.4. The lowest BCUT2D eigenvalue weighted by atomic mass is 10.2. The minimum absolute atomic E-state index is 0.0107. The summed E-state index contributed by atoms with van der Waals surface area (Å²) in [6.45, 7) is 2.79. The summed E-state index contributed by atoms with van der Waals surface area (Å²) in [5.41, 5.74) is -0.0107. The summed E-state index contributed by atoms with van der Waals surface area (Å²) in [7, 11) is -2.36. The highest BCUT2D eigenvalue weighted by Gasteiger charge is 2.24. The van der Waals surface area contributed by atoms with Crippen molar-refractivity contribution in [1.29, 1.82) is 0 Å². The predicted octanol–water partition coefficient (Wildman–Crippen LogP) is 0.0447. The number of hydrogen-bond acceptors (Lipinski definition) is 6. The molecule has 2 rings (SSSR count). The fourth-order valence-corrected chi connectivity index (χ4v) is 3.21. The Hall–Kier alpha value is -2.72. The van der Waals surface area contributed by atoms with Gasteiger partial charge >= 0.3 is 5.97 Å². The average Bonchev–Trinajstić information content (AvgIpc) is 3.47. The zero-order chi connectivity index (χ0) is 20.7. The van der Waals surface area contributed by atoms with Gasteiger partial charge in [0.1, 0.15) is 0 Å². The lowest BCUT2D eigenvalue weighted by molar-refractivity contribution is -0.137. The van der Waals surface area contributed by atoms with E-state index in [-0.39, 0.29) is 35.5 Å². The van der Waals surface area contributed by atoms with Gasteiger partial charge < -0.3 is 15.0 Å². The molecule has 1 aromatic carbocycles. The van der Waals surface area contributed by atoms with E-state index in [0.717, 1.165) is 23.8 Å². The molecule has 28 heavy (non-hydrogen) atoms. The van der Waals surface area contributed by atoms with Crippen LogP contribution in [0.15, 0.2) is 41.8 Å². The molecule has 1 aliphatic carbocycles. The molecule has 1 saturated carbocycles. The number of carbonyl (C=O) groups is 3. The Morgan fingerprint density at radius 3 is 2.68 bits per heavy atom. The Labute approximate surface area is 163 Å². The summed E-state index contributed by atoms with van der Waals surface area (Å²) in [5, 5.41) is 2.76. The van der Waals surface area contributed by atoms with Gasteiger partial charge in [0.05, 0.1) is 17.0 Å². The summed E-state index contributed by atoms with van der Waals surface area (Å²) >= 11 is 0. The lowest BCUT2D eigenvalue weighted by Gasteiger charge is -2.16. The largest absolute Gasteiger partial charge is 0.452 e. The minimum atomic E-state index is -3.79. The van der Waals surface area contributed by atoms with Gasteiger partial charge in [0, 0.05) is 19.6 Å². The van der Waals surface area contributed by atoms with E-state index in [9.17, 15) is 22.8 Å². The maximum atomic E-state index is 12.1. The highest BCUT2D eigenvalue weighted by Crippen LogP contribution is 2.18. The molecule has 0 bridgehead atoms. The Morgan fingerprint density at radius 2 is 2.04 bits per heavy atom. The average molecular weight is 409 g/mol. The lowest BCUT2D eigenvalue weighted by Crippen LogP contribution is -2.40. The molecule has 0 aliphatic heterocycles. The van der Waals surface area contributed by atoms with Crippen LogP contribution in [-0.2, 0) is 24.3 Å². The number of esters is 1. The van der Waals surface area contributed by atoms with Crippen molar-refractivity contribution >= 4 is 27.8 Å². The molecule has 0 aromatic heterocycles. The van der Waals surface area contributed by atoms with E-state index in [4.69, 9.17) is 4.74 Å². The van der Waals surface area contributed by atoms with Gasteiger partial charge in [-0.15, -0.1) is 6.58 Å². The second kappa shape index (κ2) is 9.47. The first kappa shape index (κ1) is 21.6. The molecular formula is C18H23N3O6S. The number of nitrogens with zero attached hydrogens (tertiary/aromatic N) is 1. The Balaban J connectivity index is 1.89. The molecule has 0 spiro atoms. The third-order valence-corrected chi connectivity index (χ3v) is 5.29. The second-order valence-electron chi connectivity index (χ2n) is 6.34. The predicted molar refractivity (Wildman–Crippen MR) is 101 cm³/mol. The number of carbonyl (C=O) groups excluding carboxylic acids is 3. The van der Waals surface area contributed by atoms with Crippen LogP contribution in [0.25, 0.3) is 0 Å². The van der Waals surface area contributed by atoms with Crippen LogP contribution in [0.2, 0.25) is 0 Å². The maximum absolute atomic E-state index is 12.1. The summed E-state index contributed by atoms with van der Waals surface area (Å²) in [6, 6.07) is 5.46. The molecule has 1 aromatic rings. The van der Waals surface area contributed by atoms with Crippen LogP contribution >= 0.6 is 0 Å². The first-order valence-corrected chi connectivity index (χ1v) is 10.1. The second-order valence-corrected chi connectivity index (χ2v) is 8.10. The van der Waals surface area contributed by atoms with Crippen molar-refractivity contribution in [3.63, 3.8) is 0 Å². The zero-order valence-corrected chi connectivity index (χ0v) is 16.3. The van der Waals surface area contributed by atoms with Gasteiger partial charge in [0.25, 0.3) is 5.91 Å². The van der Waals surface area contributed by atoms with Crippen LogP contribution < -0.4 is 10.0 Å². The fourth-order valence-electron chi connectivity index (χ4n) is 2.17. The van der Waals surface area contributed by atoms with Gasteiger partial charge in [-0.2, -0.15) is 0 Å². The standard InChI is InChI=1S/C18H23N3O6S/c1-3-9-19-28(25,26)15-6-4-5-13(10-15)18(24)27-12-17(23)21(2)11-16(22)20-14-7-8-14/h3-6,10,14,19H,1,7-9,11-12H2,2H3,(H,20,22). The van der Waals surface area contributed by atoms with E-state index >= 15 is 0 Å². The SMILES string of the molecule is C=CCNS(=O)(=O)c1cccc(C(=O)OCC(=O)N(C)CC(=O)NC2CC2)c1. The topological polar surface area (TPSA) is 122 Å². The minimum Gasteiger partial charge on any atom is -0.452 e. The maximum Gasteiger partial charge on any atom is 0.338 e. The molecule has 2 amide bonds. The third kappa shape index (κ3) is 6.46. The van der Waals surface area contributed by atoms with E-state index in [1.807, 2.05) is 0 Å². The van der Waals surface area contributed by atoms with Gasteiger partial charge in [-0.1, -0.05) is 12.1 Å². The monoisotopic (exact) mass is 409 g/mol. The van der Waals surface area contributed by atoms with Gasteiger partial charge in [-0.3, -0.25) is 9.59 Å². The van der Waals surface area contributed by atoms with Gasteiger partial charge in [0.2, 0.25) is 15.9 Å². The Kier molecular flexibility index (Phi) is 7.30. The van der Waals surface area contributed by atoms with Crippen molar-refractivity contribution < 1.29 is 27.5 Å². The van der Waals surface area contributed by atoms with Crippen LogP contribution in [0.4, 0.5) is 0 Å². The number of hydrogen-bond donors (Lipinski definition) is 2. The quantitative estimate of drug-likeness (QED) is 0.416. The van der Waals surface area contributed by atoms with Crippen molar-refractivity contribution in [2.24, 2.45) is 0 Å². The van der Waals surface area contributed by atoms with Gasteiger partial charge in [-0.25, -0.2) is 17.9 Å². The van der Waals surface area contributed by atoms with E-state index in [1.54, 1.807) is 0 Å². The molecule has 2 N–H and O–H groups in total. The van der Waals surface area contributed by atoms with E-state index < -0.39 is 28.5 Å². The first-order chi connectivity index (χ1) is 13.2. The van der Waals surface area contributed by atoms with Gasteiger partial charge in [0.15, 0.2) is 6.61 Å². The van der Waals surface area contributed by atoms with E-state index in [2.05, 4.69) is 16.6 Å². The number of benzene rings is 1. The normalized spacial score (nSPS) is 13.5. The van der Waals surface area contributed by atoms with Crippen LogP contribution in [0, 0.1) is 0 Å². The number of ether oxygens (including phenoxy) is 1. The highest BCUT2D eigenvalue weighted by molar-refractivity contribution is 7.89. The molecule has 0 unspecified atom stereocenters. The van der Waals surface area contributed by atoms with Crippen LogP contribution in [0.1, 0.15) is 23.2 Å². The van der Waals surface area contributed by atoms with Crippen molar-refractivity contribution in [2.75, 3.05) is 26.7 Å².